The summed E-state index contributed by atoms with van der Waals surface area (Å²) in [5.74, 6) is 0.248. The van der Waals surface area contributed by atoms with Crippen LogP contribution in [0.15, 0.2) is 36.4 Å². The summed E-state index contributed by atoms with van der Waals surface area (Å²) in [5.41, 5.74) is 6.04. The van der Waals surface area contributed by atoms with Crippen molar-refractivity contribution in [3.05, 3.63) is 53.3 Å². The summed E-state index contributed by atoms with van der Waals surface area (Å²) in [6.45, 7) is 0.0222. The monoisotopic (exact) mass is 305 g/mol. The highest BCUT2D eigenvalue weighted by Crippen LogP contribution is 2.27. The molecule has 0 spiro atoms. The molecule has 0 heterocycles. The first-order valence-electron chi connectivity index (χ1n) is 6.48. The van der Waals surface area contributed by atoms with Gasteiger partial charge < -0.3 is 19.9 Å². The highest BCUT2D eigenvalue weighted by molar-refractivity contribution is 5.95. The SMILES string of the molecule is COc1ccc(C(N)=O)c(OCc2cc(F)ccc2OC)c1. The van der Waals surface area contributed by atoms with Gasteiger partial charge in [-0.2, -0.15) is 0 Å². The van der Waals surface area contributed by atoms with Gasteiger partial charge in [0, 0.05) is 11.6 Å². The number of hydrogen-bond donors (Lipinski definition) is 1. The fourth-order valence-electron chi connectivity index (χ4n) is 1.97. The molecule has 22 heavy (non-hydrogen) atoms. The summed E-state index contributed by atoms with van der Waals surface area (Å²) in [4.78, 5) is 11.4. The van der Waals surface area contributed by atoms with E-state index in [1.54, 1.807) is 12.1 Å². The molecule has 0 atom stereocenters. The van der Waals surface area contributed by atoms with Gasteiger partial charge in [-0.05, 0) is 30.3 Å². The molecule has 0 aliphatic carbocycles. The van der Waals surface area contributed by atoms with Gasteiger partial charge in [-0.1, -0.05) is 0 Å². The number of carbonyl (C=O) groups excluding carboxylic acids is 1. The van der Waals surface area contributed by atoms with Crippen molar-refractivity contribution in [2.75, 3.05) is 14.2 Å². The minimum Gasteiger partial charge on any atom is -0.497 e. The van der Waals surface area contributed by atoms with Crippen molar-refractivity contribution in [1.29, 1.82) is 0 Å². The van der Waals surface area contributed by atoms with Crippen LogP contribution >= 0.6 is 0 Å². The van der Waals surface area contributed by atoms with E-state index in [0.29, 0.717) is 17.1 Å². The number of halogens is 1. The Bertz CT molecular complexity index is 688. The van der Waals surface area contributed by atoms with E-state index in [1.807, 2.05) is 0 Å². The maximum absolute atomic E-state index is 13.3. The van der Waals surface area contributed by atoms with Gasteiger partial charge in [-0.25, -0.2) is 4.39 Å². The molecular weight excluding hydrogens is 289 g/mol. The average Bonchev–Trinajstić information content (AvgIpc) is 2.52. The molecule has 0 unspecified atom stereocenters. The Morgan fingerprint density at radius 1 is 1.09 bits per heavy atom. The lowest BCUT2D eigenvalue weighted by molar-refractivity contribution is 0.0996. The van der Waals surface area contributed by atoms with Crippen molar-refractivity contribution in [2.24, 2.45) is 5.73 Å². The Morgan fingerprint density at radius 2 is 1.86 bits per heavy atom. The number of nitrogens with two attached hydrogens (primary N) is 1. The zero-order valence-corrected chi connectivity index (χ0v) is 12.3. The van der Waals surface area contributed by atoms with Crippen LogP contribution in [0, 0.1) is 5.82 Å². The Kier molecular flexibility index (Phi) is 4.83. The van der Waals surface area contributed by atoms with Crippen molar-refractivity contribution in [1.82, 2.24) is 0 Å². The van der Waals surface area contributed by atoms with E-state index >= 15 is 0 Å². The van der Waals surface area contributed by atoms with Gasteiger partial charge >= 0.3 is 0 Å². The molecule has 6 heteroatoms. The number of amides is 1. The van der Waals surface area contributed by atoms with Crippen molar-refractivity contribution in [3.8, 4) is 17.2 Å². The van der Waals surface area contributed by atoms with Crippen LogP contribution in [0.5, 0.6) is 17.2 Å². The van der Waals surface area contributed by atoms with E-state index in [4.69, 9.17) is 19.9 Å². The van der Waals surface area contributed by atoms with Gasteiger partial charge in [0.25, 0.3) is 5.91 Å². The topological polar surface area (TPSA) is 70.8 Å². The van der Waals surface area contributed by atoms with Crippen molar-refractivity contribution < 1.29 is 23.4 Å². The molecule has 116 valence electrons. The van der Waals surface area contributed by atoms with Crippen molar-refractivity contribution in [3.63, 3.8) is 0 Å². The van der Waals surface area contributed by atoms with E-state index in [1.165, 1.54) is 38.5 Å². The Morgan fingerprint density at radius 3 is 2.50 bits per heavy atom. The third kappa shape index (κ3) is 3.46. The van der Waals surface area contributed by atoms with Crippen molar-refractivity contribution in [2.45, 2.75) is 6.61 Å². The van der Waals surface area contributed by atoms with Gasteiger partial charge in [0.1, 0.15) is 29.7 Å². The Hall–Kier alpha value is -2.76. The molecule has 0 saturated heterocycles. The Balaban J connectivity index is 2.27. The maximum Gasteiger partial charge on any atom is 0.252 e. The van der Waals surface area contributed by atoms with Gasteiger partial charge in [0.2, 0.25) is 0 Å². The van der Waals surface area contributed by atoms with Crippen LogP contribution in [0.4, 0.5) is 4.39 Å². The molecule has 2 rings (SSSR count). The molecule has 2 aromatic carbocycles. The average molecular weight is 305 g/mol. The molecule has 0 bridgehead atoms. The minimum atomic E-state index is -0.621. The molecule has 0 fully saturated rings. The van der Waals surface area contributed by atoms with E-state index in [0.717, 1.165) is 0 Å². The van der Waals surface area contributed by atoms with Crippen LogP contribution in [0.25, 0.3) is 0 Å². The number of primary amides is 1. The highest BCUT2D eigenvalue weighted by Gasteiger charge is 2.12. The highest BCUT2D eigenvalue weighted by atomic mass is 19.1. The first-order valence-corrected chi connectivity index (χ1v) is 6.48. The van der Waals surface area contributed by atoms with Gasteiger partial charge in [0.15, 0.2) is 0 Å². The third-order valence-corrected chi connectivity index (χ3v) is 3.08. The first kappa shape index (κ1) is 15.6. The zero-order chi connectivity index (χ0) is 16.1. The maximum atomic E-state index is 13.3. The molecule has 1 amide bonds. The lowest BCUT2D eigenvalue weighted by Gasteiger charge is -2.13. The molecule has 0 aliphatic heterocycles. The van der Waals surface area contributed by atoms with E-state index in [2.05, 4.69) is 0 Å². The molecule has 0 radical (unpaired) electrons. The largest absolute Gasteiger partial charge is 0.497 e. The second-order valence-electron chi connectivity index (χ2n) is 4.47. The summed E-state index contributed by atoms with van der Waals surface area (Å²) in [5, 5.41) is 0. The molecule has 0 aromatic heterocycles. The van der Waals surface area contributed by atoms with Crippen LogP contribution < -0.4 is 19.9 Å². The van der Waals surface area contributed by atoms with Gasteiger partial charge in [0.05, 0.1) is 19.8 Å². The van der Waals surface area contributed by atoms with Crippen LogP contribution in [0.1, 0.15) is 15.9 Å². The minimum absolute atomic E-state index is 0.0222. The predicted molar refractivity (Wildman–Crippen MR) is 78.8 cm³/mol. The number of rotatable bonds is 6. The zero-order valence-electron chi connectivity index (χ0n) is 12.3. The third-order valence-electron chi connectivity index (χ3n) is 3.08. The van der Waals surface area contributed by atoms with E-state index in [9.17, 15) is 9.18 Å². The molecule has 0 saturated carbocycles. The normalized spacial score (nSPS) is 10.1. The van der Waals surface area contributed by atoms with Crippen LogP contribution in [0.3, 0.4) is 0 Å². The van der Waals surface area contributed by atoms with E-state index < -0.39 is 11.7 Å². The fourth-order valence-corrected chi connectivity index (χ4v) is 1.97. The van der Waals surface area contributed by atoms with E-state index in [-0.39, 0.29) is 17.9 Å². The summed E-state index contributed by atoms with van der Waals surface area (Å²) in [6.07, 6.45) is 0. The standard InChI is InChI=1S/C16H16FNO4/c1-20-12-4-5-13(16(18)19)15(8-12)22-9-10-7-11(17)3-6-14(10)21-2/h3-8H,9H2,1-2H3,(H2,18,19). The van der Waals surface area contributed by atoms with Crippen molar-refractivity contribution >= 4 is 5.91 Å². The second kappa shape index (κ2) is 6.80. The molecule has 2 N–H and O–H groups in total. The number of hydrogen-bond acceptors (Lipinski definition) is 4. The number of carbonyl (C=O) groups is 1. The van der Waals surface area contributed by atoms with Gasteiger partial charge in [-0.3, -0.25) is 4.79 Å². The fraction of sp³-hybridized carbons (Fsp3) is 0.188. The predicted octanol–water partition coefficient (Wildman–Crippen LogP) is 2.52. The van der Waals surface area contributed by atoms with Crippen LogP contribution in [-0.2, 0) is 6.61 Å². The van der Waals surface area contributed by atoms with Crippen LogP contribution in [-0.4, -0.2) is 20.1 Å². The molecule has 5 nitrogen and oxygen atoms in total. The molecule has 0 aliphatic rings. The summed E-state index contributed by atoms with van der Waals surface area (Å²) in [7, 11) is 2.98. The van der Waals surface area contributed by atoms with Crippen LogP contribution in [0.2, 0.25) is 0 Å². The summed E-state index contributed by atoms with van der Waals surface area (Å²) in [6, 6.07) is 8.78. The molecular formula is C16H16FNO4. The van der Waals surface area contributed by atoms with Gasteiger partial charge in [-0.15, -0.1) is 0 Å². The number of ether oxygens (including phenoxy) is 3. The second-order valence-corrected chi connectivity index (χ2v) is 4.47. The lowest BCUT2D eigenvalue weighted by Crippen LogP contribution is -2.13. The Labute approximate surface area is 127 Å². The molecule has 2 aromatic rings. The quantitative estimate of drug-likeness (QED) is 0.890. The first-order chi connectivity index (χ1) is 10.5. The summed E-state index contributed by atoms with van der Waals surface area (Å²) < 4.78 is 29.2. The smallest absolute Gasteiger partial charge is 0.252 e. The number of benzene rings is 2. The number of methoxy groups -OCH3 is 2. The summed E-state index contributed by atoms with van der Waals surface area (Å²) >= 11 is 0. The lowest BCUT2D eigenvalue weighted by atomic mass is 10.1.